The number of benzene rings is 1. The van der Waals surface area contributed by atoms with Crippen molar-refractivity contribution in [2.24, 2.45) is 10.4 Å². The quantitative estimate of drug-likeness (QED) is 0.488. The van der Waals surface area contributed by atoms with Gasteiger partial charge in [-0.3, -0.25) is 4.99 Å². The Balaban J connectivity index is 1.41. The van der Waals surface area contributed by atoms with Crippen LogP contribution in [0.3, 0.4) is 0 Å². The number of nitrogens with one attached hydrogen (secondary N) is 2. The van der Waals surface area contributed by atoms with Crippen LogP contribution in [0.4, 0.5) is 0 Å². The van der Waals surface area contributed by atoms with Gasteiger partial charge < -0.3 is 19.9 Å². The maximum Gasteiger partial charge on any atom is 0.191 e. The van der Waals surface area contributed by atoms with Crippen molar-refractivity contribution in [1.29, 1.82) is 0 Å². The number of para-hydroxylation sites is 1. The fourth-order valence-electron chi connectivity index (χ4n) is 2.86. The Morgan fingerprint density at radius 3 is 2.83 bits per heavy atom. The Hall–Kier alpha value is -2.01. The monoisotopic (exact) mass is 314 g/mol. The summed E-state index contributed by atoms with van der Waals surface area (Å²) in [6.07, 6.45) is 3.22. The summed E-state index contributed by atoms with van der Waals surface area (Å²) in [5, 5.41) is 8.07. The van der Waals surface area contributed by atoms with Gasteiger partial charge in [0.1, 0.15) is 0 Å². The zero-order chi connectivity index (χ0) is 16.1. The zero-order valence-electron chi connectivity index (χ0n) is 14.0. The lowest BCUT2D eigenvalue weighted by Gasteiger charge is -2.38. The third kappa shape index (κ3) is 3.85. The molecule has 124 valence electrons. The van der Waals surface area contributed by atoms with Crippen molar-refractivity contribution in [3.63, 3.8) is 0 Å². The van der Waals surface area contributed by atoms with E-state index in [1.165, 1.54) is 10.9 Å². The molecule has 2 heterocycles. The van der Waals surface area contributed by atoms with Gasteiger partial charge in [-0.2, -0.15) is 0 Å². The predicted octanol–water partition coefficient (Wildman–Crippen LogP) is 2.23. The van der Waals surface area contributed by atoms with E-state index in [9.17, 15) is 0 Å². The Kier molecular flexibility index (Phi) is 4.86. The van der Waals surface area contributed by atoms with E-state index < -0.39 is 0 Å². The third-order valence-corrected chi connectivity index (χ3v) is 4.36. The topological polar surface area (TPSA) is 50.6 Å². The van der Waals surface area contributed by atoms with Crippen LogP contribution in [0.1, 0.15) is 13.3 Å². The molecule has 1 aliphatic heterocycles. The highest BCUT2D eigenvalue weighted by atomic mass is 16.5. The molecule has 1 aliphatic rings. The van der Waals surface area contributed by atoms with Crippen LogP contribution in [0.5, 0.6) is 0 Å². The average Bonchev–Trinajstić information content (AvgIpc) is 2.96. The standard InChI is InChI=1S/C18H26N4O/c1-18(13-23-14-18)12-21-17(19-2)20-9-5-10-22-11-8-15-6-3-4-7-16(15)22/h3-4,6-8,11H,5,9-10,12-14H2,1-2H3,(H2,19,20,21). The Morgan fingerprint density at radius 1 is 1.26 bits per heavy atom. The number of guanidine groups is 1. The number of rotatable bonds is 6. The van der Waals surface area contributed by atoms with E-state index in [1.807, 2.05) is 7.05 Å². The van der Waals surface area contributed by atoms with Crippen LogP contribution < -0.4 is 10.6 Å². The van der Waals surface area contributed by atoms with Crippen molar-refractivity contribution in [1.82, 2.24) is 15.2 Å². The molecule has 1 fully saturated rings. The van der Waals surface area contributed by atoms with Crippen LogP contribution in [0.15, 0.2) is 41.5 Å². The fraction of sp³-hybridized carbons (Fsp3) is 0.500. The van der Waals surface area contributed by atoms with Gasteiger partial charge >= 0.3 is 0 Å². The highest BCUT2D eigenvalue weighted by Gasteiger charge is 2.33. The summed E-state index contributed by atoms with van der Waals surface area (Å²) in [5.41, 5.74) is 1.55. The molecule has 1 aromatic heterocycles. The molecule has 23 heavy (non-hydrogen) atoms. The summed E-state index contributed by atoms with van der Waals surface area (Å²) in [6.45, 7) is 6.70. The molecule has 2 aromatic rings. The summed E-state index contributed by atoms with van der Waals surface area (Å²) in [6, 6.07) is 10.7. The van der Waals surface area contributed by atoms with E-state index >= 15 is 0 Å². The number of aromatic nitrogens is 1. The molecule has 0 amide bonds. The van der Waals surface area contributed by atoms with E-state index in [2.05, 4.69) is 63.6 Å². The molecule has 0 radical (unpaired) electrons. The molecule has 0 aliphatic carbocycles. The lowest BCUT2D eigenvalue weighted by Crippen LogP contribution is -2.51. The van der Waals surface area contributed by atoms with Crippen molar-refractivity contribution >= 4 is 16.9 Å². The van der Waals surface area contributed by atoms with E-state index in [0.717, 1.165) is 45.2 Å². The SMILES string of the molecule is CN=C(NCCCn1ccc2ccccc21)NCC1(C)COC1. The summed E-state index contributed by atoms with van der Waals surface area (Å²) in [4.78, 5) is 4.28. The minimum Gasteiger partial charge on any atom is -0.380 e. The Morgan fingerprint density at radius 2 is 2.09 bits per heavy atom. The van der Waals surface area contributed by atoms with Crippen LogP contribution in [0, 0.1) is 5.41 Å². The van der Waals surface area contributed by atoms with Gasteiger partial charge in [-0.15, -0.1) is 0 Å². The number of hydrogen-bond donors (Lipinski definition) is 2. The van der Waals surface area contributed by atoms with Crippen molar-refractivity contribution in [2.45, 2.75) is 19.9 Å². The molecule has 1 saturated heterocycles. The van der Waals surface area contributed by atoms with Crippen LogP contribution in [0.2, 0.25) is 0 Å². The fourth-order valence-corrected chi connectivity index (χ4v) is 2.86. The Labute approximate surface area is 137 Å². The molecule has 0 atom stereocenters. The van der Waals surface area contributed by atoms with Crippen molar-refractivity contribution in [3.05, 3.63) is 36.5 Å². The minimum absolute atomic E-state index is 0.252. The maximum absolute atomic E-state index is 5.28. The van der Waals surface area contributed by atoms with E-state index in [4.69, 9.17) is 4.74 Å². The van der Waals surface area contributed by atoms with Gasteiger partial charge in [0, 0.05) is 43.8 Å². The Bertz CT molecular complexity index is 672. The van der Waals surface area contributed by atoms with Gasteiger partial charge in [0.25, 0.3) is 0 Å². The third-order valence-electron chi connectivity index (χ3n) is 4.36. The zero-order valence-corrected chi connectivity index (χ0v) is 14.0. The van der Waals surface area contributed by atoms with Crippen LogP contribution in [-0.4, -0.2) is 43.9 Å². The van der Waals surface area contributed by atoms with Gasteiger partial charge in [-0.25, -0.2) is 0 Å². The highest BCUT2D eigenvalue weighted by molar-refractivity contribution is 5.80. The molecule has 0 saturated carbocycles. The predicted molar refractivity (Wildman–Crippen MR) is 94.8 cm³/mol. The number of aryl methyl sites for hydroxylation is 1. The first kappa shape index (κ1) is 15.9. The summed E-state index contributed by atoms with van der Waals surface area (Å²) in [5.74, 6) is 0.871. The van der Waals surface area contributed by atoms with Gasteiger partial charge in [-0.05, 0) is 23.9 Å². The van der Waals surface area contributed by atoms with Gasteiger partial charge in [0.2, 0.25) is 0 Å². The average molecular weight is 314 g/mol. The van der Waals surface area contributed by atoms with Crippen LogP contribution in [-0.2, 0) is 11.3 Å². The molecule has 5 nitrogen and oxygen atoms in total. The van der Waals surface area contributed by atoms with Gasteiger partial charge in [0.05, 0.1) is 13.2 Å². The minimum atomic E-state index is 0.252. The maximum atomic E-state index is 5.28. The first-order chi connectivity index (χ1) is 11.2. The first-order valence-electron chi connectivity index (χ1n) is 8.26. The molecular formula is C18H26N4O. The number of fused-ring (bicyclic) bond motifs is 1. The molecule has 2 N–H and O–H groups in total. The molecule has 5 heteroatoms. The summed E-state index contributed by atoms with van der Waals surface area (Å²) in [7, 11) is 1.81. The molecular weight excluding hydrogens is 288 g/mol. The smallest absolute Gasteiger partial charge is 0.191 e. The number of hydrogen-bond acceptors (Lipinski definition) is 2. The molecule has 0 spiro atoms. The molecule has 0 bridgehead atoms. The number of ether oxygens (including phenoxy) is 1. The second-order valence-electron chi connectivity index (χ2n) is 6.58. The van der Waals surface area contributed by atoms with Crippen LogP contribution in [0.25, 0.3) is 10.9 Å². The van der Waals surface area contributed by atoms with Gasteiger partial charge in [0.15, 0.2) is 5.96 Å². The second-order valence-corrected chi connectivity index (χ2v) is 6.58. The van der Waals surface area contributed by atoms with E-state index in [1.54, 1.807) is 0 Å². The van der Waals surface area contributed by atoms with Crippen molar-refractivity contribution in [2.75, 3.05) is 33.4 Å². The van der Waals surface area contributed by atoms with Crippen molar-refractivity contribution < 1.29 is 4.74 Å². The molecule has 0 unspecified atom stereocenters. The largest absolute Gasteiger partial charge is 0.380 e. The summed E-state index contributed by atoms with van der Waals surface area (Å²) < 4.78 is 7.58. The van der Waals surface area contributed by atoms with E-state index in [0.29, 0.717) is 0 Å². The lowest BCUT2D eigenvalue weighted by atomic mass is 9.89. The van der Waals surface area contributed by atoms with Gasteiger partial charge in [-0.1, -0.05) is 25.1 Å². The first-order valence-corrected chi connectivity index (χ1v) is 8.26. The normalized spacial score (nSPS) is 17.0. The molecule has 1 aromatic carbocycles. The van der Waals surface area contributed by atoms with Crippen molar-refractivity contribution in [3.8, 4) is 0 Å². The van der Waals surface area contributed by atoms with E-state index in [-0.39, 0.29) is 5.41 Å². The highest BCUT2D eigenvalue weighted by Crippen LogP contribution is 2.24. The number of nitrogens with zero attached hydrogens (tertiary/aromatic N) is 2. The molecule has 3 rings (SSSR count). The van der Waals surface area contributed by atoms with Crippen LogP contribution >= 0.6 is 0 Å². The summed E-state index contributed by atoms with van der Waals surface area (Å²) >= 11 is 0. The number of aliphatic imine (C=N–C) groups is 1. The lowest BCUT2D eigenvalue weighted by molar-refractivity contribution is -0.0971. The second kappa shape index (κ2) is 7.04.